The summed E-state index contributed by atoms with van der Waals surface area (Å²) in [6.07, 6.45) is 3.65. The molecule has 0 saturated heterocycles. The molecule has 14 heavy (non-hydrogen) atoms. The maximum atomic E-state index is 10.5. The summed E-state index contributed by atoms with van der Waals surface area (Å²) in [5.74, 6) is 0.733. The number of amides is 1. The molecule has 2 heterocycles. The van der Waals surface area contributed by atoms with Gasteiger partial charge in [-0.05, 0) is 0 Å². The van der Waals surface area contributed by atoms with Gasteiger partial charge in [0, 0.05) is 12.4 Å². The summed E-state index contributed by atoms with van der Waals surface area (Å²) >= 11 is 0. The molecule has 2 rings (SSSR count). The first-order valence-electron chi connectivity index (χ1n) is 3.97. The van der Waals surface area contributed by atoms with Gasteiger partial charge >= 0.3 is 6.09 Å². The Morgan fingerprint density at radius 2 is 2.50 bits per heavy atom. The smallest absolute Gasteiger partial charge is 0.423 e. The molecule has 74 valence electrons. The number of carboxylic acid groups (broad SMARTS) is 1. The number of hydrazine groups is 1. The minimum Gasteiger partial charge on any atom is -0.464 e. The molecule has 2 aliphatic heterocycles. The molecular weight excluding hydrogens is 186 g/mol. The number of nitrogens with one attached hydrogen (secondary N) is 3. The van der Waals surface area contributed by atoms with Gasteiger partial charge in [0.2, 0.25) is 0 Å². The van der Waals surface area contributed by atoms with Crippen LogP contribution in [0.15, 0.2) is 28.9 Å². The van der Waals surface area contributed by atoms with Gasteiger partial charge in [-0.1, -0.05) is 0 Å². The Morgan fingerprint density at radius 1 is 1.64 bits per heavy atom. The van der Waals surface area contributed by atoms with Gasteiger partial charge in [0.25, 0.3) is 0 Å². The minimum absolute atomic E-state index is 0.431. The largest absolute Gasteiger partial charge is 0.464 e. The number of nitrogens with zero attached hydrogens (tertiary/aromatic N) is 2. The molecule has 0 saturated carbocycles. The highest BCUT2D eigenvalue weighted by Crippen LogP contribution is 2.11. The standard InChI is InChI=1S/C7H9N5O2/c13-7(14)11-12-2-1-9-6-5(12)3-8-4-10-6/h1-2,4,9,11H,3H2,(H,8,10)(H,13,14). The highest BCUT2D eigenvalue weighted by molar-refractivity contribution is 5.65. The van der Waals surface area contributed by atoms with E-state index in [4.69, 9.17) is 5.11 Å². The van der Waals surface area contributed by atoms with Crippen LogP contribution in [0, 0.1) is 0 Å². The average molecular weight is 195 g/mol. The summed E-state index contributed by atoms with van der Waals surface area (Å²) in [6.45, 7) is 0.431. The third-order valence-electron chi connectivity index (χ3n) is 1.79. The second kappa shape index (κ2) is 3.29. The Bertz CT molecular complexity index is 342. The zero-order valence-electron chi connectivity index (χ0n) is 7.19. The molecule has 7 heteroatoms. The lowest BCUT2D eigenvalue weighted by atomic mass is 10.3. The van der Waals surface area contributed by atoms with Crippen molar-refractivity contribution in [3.63, 3.8) is 0 Å². The topological polar surface area (TPSA) is 89.0 Å². The van der Waals surface area contributed by atoms with Crippen LogP contribution >= 0.6 is 0 Å². The van der Waals surface area contributed by atoms with Crippen molar-refractivity contribution in [1.82, 2.24) is 21.1 Å². The molecule has 1 amide bonds. The summed E-state index contributed by atoms with van der Waals surface area (Å²) in [4.78, 5) is 14.4. The summed E-state index contributed by atoms with van der Waals surface area (Å²) in [7, 11) is 0. The zero-order chi connectivity index (χ0) is 9.97. The van der Waals surface area contributed by atoms with E-state index < -0.39 is 6.09 Å². The van der Waals surface area contributed by atoms with E-state index in [0.29, 0.717) is 6.54 Å². The first-order chi connectivity index (χ1) is 6.77. The monoisotopic (exact) mass is 195 g/mol. The van der Waals surface area contributed by atoms with E-state index in [2.05, 4.69) is 21.1 Å². The predicted octanol–water partition coefficient (Wildman–Crippen LogP) is -0.654. The van der Waals surface area contributed by atoms with Gasteiger partial charge in [-0.25, -0.2) is 10.2 Å². The van der Waals surface area contributed by atoms with Gasteiger partial charge in [0.15, 0.2) is 0 Å². The van der Waals surface area contributed by atoms with Crippen LogP contribution in [0.5, 0.6) is 0 Å². The van der Waals surface area contributed by atoms with Crippen molar-refractivity contribution in [2.24, 2.45) is 4.99 Å². The van der Waals surface area contributed by atoms with Crippen molar-refractivity contribution in [2.75, 3.05) is 6.54 Å². The third kappa shape index (κ3) is 1.47. The Hall–Kier alpha value is -2.18. The Labute approximate surface area is 79.8 Å². The fraction of sp³-hybridized carbons (Fsp3) is 0.143. The van der Waals surface area contributed by atoms with Gasteiger partial charge in [-0.3, -0.25) is 10.0 Å². The van der Waals surface area contributed by atoms with Crippen LogP contribution in [0.3, 0.4) is 0 Å². The van der Waals surface area contributed by atoms with Gasteiger partial charge in [0.05, 0.1) is 12.9 Å². The van der Waals surface area contributed by atoms with Crippen molar-refractivity contribution in [2.45, 2.75) is 0 Å². The van der Waals surface area contributed by atoms with E-state index >= 15 is 0 Å². The summed E-state index contributed by atoms with van der Waals surface area (Å²) in [5, 5.41) is 15.8. The van der Waals surface area contributed by atoms with E-state index in [1.807, 2.05) is 0 Å². The molecule has 0 aliphatic carbocycles. The molecule has 0 atom stereocenters. The van der Waals surface area contributed by atoms with E-state index in [1.54, 1.807) is 18.7 Å². The fourth-order valence-corrected chi connectivity index (χ4v) is 1.22. The van der Waals surface area contributed by atoms with Gasteiger partial charge < -0.3 is 15.7 Å². The Balaban J connectivity index is 2.16. The van der Waals surface area contributed by atoms with Crippen LogP contribution in [0.4, 0.5) is 4.79 Å². The van der Waals surface area contributed by atoms with Crippen LogP contribution in [0.2, 0.25) is 0 Å². The lowest BCUT2D eigenvalue weighted by Gasteiger charge is -2.29. The SMILES string of the molecule is O=C(O)NN1C=CNC2=C1CN=CN2. The summed E-state index contributed by atoms with van der Waals surface area (Å²) in [5.41, 5.74) is 2.97. The van der Waals surface area contributed by atoms with Crippen LogP contribution in [0.25, 0.3) is 0 Å². The van der Waals surface area contributed by atoms with E-state index in [9.17, 15) is 4.79 Å². The molecule has 0 unspecified atom stereocenters. The van der Waals surface area contributed by atoms with Crippen LogP contribution in [-0.2, 0) is 0 Å². The van der Waals surface area contributed by atoms with Crippen molar-refractivity contribution in [3.05, 3.63) is 23.9 Å². The lowest BCUT2D eigenvalue weighted by molar-refractivity contribution is 0.170. The number of hydrogen-bond donors (Lipinski definition) is 4. The Morgan fingerprint density at radius 3 is 3.29 bits per heavy atom. The van der Waals surface area contributed by atoms with Crippen LogP contribution < -0.4 is 16.1 Å². The molecule has 0 fully saturated rings. The van der Waals surface area contributed by atoms with Crippen LogP contribution in [0.1, 0.15) is 0 Å². The first kappa shape index (κ1) is 8.42. The van der Waals surface area contributed by atoms with Crippen molar-refractivity contribution in [1.29, 1.82) is 0 Å². The fourth-order valence-electron chi connectivity index (χ4n) is 1.22. The molecule has 4 N–H and O–H groups in total. The molecule has 0 spiro atoms. The molecule has 0 bridgehead atoms. The third-order valence-corrected chi connectivity index (χ3v) is 1.79. The van der Waals surface area contributed by atoms with E-state index in [-0.39, 0.29) is 0 Å². The second-order valence-corrected chi connectivity index (χ2v) is 2.68. The number of carbonyl (C=O) groups is 1. The maximum Gasteiger partial charge on any atom is 0.423 e. The van der Waals surface area contributed by atoms with E-state index in [1.165, 1.54) is 5.01 Å². The zero-order valence-corrected chi connectivity index (χ0v) is 7.19. The number of hydrogen-bond acceptors (Lipinski definition) is 5. The molecule has 2 aliphatic rings. The van der Waals surface area contributed by atoms with Crippen molar-refractivity contribution in [3.8, 4) is 0 Å². The molecule has 0 aromatic rings. The second-order valence-electron chi connectivity index (χ2n) is 2.68. The number of aliphatic imine (C=N–C) groups is 1. The molecule has 7 nitrogen and oxygen atoms in total. The summed E-state index contributed by atoms with van der Waals surface area (Å²) < 4.78 is 0. The van der Waals surface area contributed by atoms with Gasteiger partial charge in [0.1, 0.15) is 11.5 Å². The molecule has 0 aromatic carbocycles. The first-order valence-corrected chi connectivity index (χ1v) is 3.97. The predicted molar refractivity (Wildman–Crippen MR) is 48.8 cm³/mol. The quantitative estimate of drug-likeness (QED) is 0.446. The summed E-state index contributed by atoms with van der Waals surface area (Å²) in [6, 6.07) is 0. The normalized spacial score (nSPS) is 18.4. The molecule has 0 aromatic heterocycles. The molecule has 0 radical (unpaired) electrons. The number of rotatable bonds is 1. The average Bonchev–Trinajstić information content (AvgIpc) is 2.18. The highest BCUT2D eigenvalue weighted by atomic mass is 16.4. The van der Waals surface area contributed by atoms with Gasteiger partial charge in [-0.15, -0.1) is 0 Å². The maximum absolute atomic E-state index is 10.5. The van der Waals surface area contributed by atoms with Crippen molar-refractivity contribution < 1.29 is 9.90 Å². The van der Waals surface area contributed by atoms with Crippen LogP contribution in [-0.4, -0.2) is 29.1 Å². The molecular formula is C7H9N5O2. The minimum atomic E-state index is -1.11. The Kier molecular flexibility index (Phi) is 1.98. The van der Waals surface area contributed by atoms with E-state index in [0.717, 1.165) is 11.5 Å². The van der Waals surface area contributed by atoms with Crippen molar-refractivity contribution >= 4 is 12.4 Å². The highest BCUT2D eigenvalue weighted by Gasteiger charge is 2.19. The lowest BCUT2D eigenvalue weighted by Crippen LogP contribution is -2.44. The van der Waals surface area contributed by atoms with Gasteiger partial charge in [-0.2, -0.15) is 0 Å².